The van der Waals surface area contributed by atoms with Crippen LogP contribution in [-0.4, -0.2) is 35.5 Å². The summed E-state index contributed by atoms with van der Waals surface area (Å²) in [4.78, 5) is 17.9. The first kappa shape index (κ1) is 18.6. The van der Waals surface area contributed by atoms with Crippen LogP contribution in [0.3, 0.4) is 0 Å². The molecule has 3 aromatic rings. The third-order valence-corrected chi connectivity index (χ3v) is 5.82. The molecule has 0 bridgehead atoms. The number of carbonyl (C=O) groups excluding carboxylic acids is 1. The van der Waals surface area contributed by atoms with E-state index < -0.39 is 0 Å². The number of rotatable bonds is 5. The van der Waals surface area contributed by atoms with Crippen molar-refractivity contribution in [3.05, 3.63) is 65.9 Å². The number of hydrogen-bond donors (Lipinski definition) is 1. The Bertz CT molecular complexity index is 935. The Labute approximate surface area is 166 Å². The van der Waals surface area contributed by atoms with Crippen molar-refractivity contribution in [3.8, 4) is 5.75 Å². The number of ether oxygens (including phenoxy) is 1. The number of likely N-dealkylation sites (tertiary alicyclic amines) is 1. The molecule has 4 rings (SSSR count). The van der Waals surface area contributed by atoms with Crippen LogP contribution in [0.5, 0.6) is 5.75 Å². The maximum absolute atomic E-state index is 12.5. The van der Waals surface area contributed by atoms with Gasteiger partial charge in [0.1, 0.15) is 5.75 Å². The van der Waals surface area contributed by atoms with Gasteiger partial charge < -0.3 is 14.6 Å². The Kier molecular flexibility index (Phi) is 5.38. The standard InChI is InChI=1S/C24H28N2O2/c1-17(2)18-7-9-20(10-8-18)28-16-24(27)26-13-11-19(12-14-26)22-15-25-23-6-4-3-5-21(22)23/h3-10,15,17,19,25H,11-14,16H2,1-2H3. The fraction of sp³-hybridized carbons (Fsp3) is 0.375. The van der Waals surface area contributed by atoms with Crippen LogP contribution in [-0.2, 0) is 4.79 Å². The first-order valence-electron chi connectivity index (χ1n) is 10.2. The Morgan fingerprint density at radius 2 is 1.82 bits per heavy atom. The third kappa shape index (κ3) is 3.91. The highest BCUT2D eigenvalue weighted by atomic mass is 16.5. The van der Waals surface area contributed by atoms with Gasteiger partial charge in [0.2, 0.25) is 0 Å². The molecule has 1 N–H and O–H groups in total. The summed E-state index contributed by atoms with van der Waals surface area (Å²) in [6.07, 6.45) is 4.13. The molecule has 1 amide bonds. The first-order chi connectivity index (χ1) is 13.6. The van der Waals surface area contributed by atoms with E-state index in [2.05, 4.69) is 61.4 Å². The number of H-pyrrole nitrogens is 1. The van der Waals surface area contributed by atoms with Crippen LogP contribution < -0.4 is 4.74 Å². The van der Waals surface area contributed by atoms with Gasteiger partial charge in [0, 0.05) is 30.2 Å². The number of aromatic amines is 1. The molecule has 1 aliphatic heterocycles. The normalized spacial score (nSPS) is 15.3. The lowest BCUT2D eigenvalue weighted by Crippen LogP contribution is -2.40. The number of nitrogens with one attached hydrogen (secondary N) is 1. The third-order valence-electron chi connectivity index (χ3n) is 5.82. The second kappa shape index (κ2) is 8.09. The number of hydrogen-bond acceptors (Lipinski definition) is 2. The zero-order valence-electron chi connectivity index (χ0n) is 16.7. The van der Waals surface area contributed by atoms with Crippen molar-refractivity contribution in [1.29, 1.82) is 0 Å². The summed E-state index contributed by atoms with van der Waals surface area (Å²) < 4.78 is 5.72. The summed E-state index contributed by atoms with van der Waals surface area (Å²) in [5, 5.41) is 1.31. The van der Waals surface area contributed by atoms with Crippen molar-refractivity contribution in [2.45, 2.75) is 38.5 Å². The van der Waals surface area contributed by atoms with Crippen molar-refractivity contribution in [2.24, 2.45) is 0 Å². The van der Waals surface area contributed by atoms with E-state index in [9.17, 15) is 4.79 Å². The van der Waals surface area contributed by atoms with Crippen molar-refractivity contribution in [3.63, 3.8) is 0 Å². The van der Waals surface area contributed by atoms with E-state index in [4.69, 9.17) is 4.74 Å². The van der Waals surface area contributed by atoms with Gasteiger partial charge in [-0.2, -0.15) is 0 Å². The van der Waals surface area contributed by atoms with E-state index in [0.717, 1.165) is 31.7 Å². The van der Waals surface area contributed by atoms with Gasteiger partial charge in [-0.3, -0.25) is 4.79 Å². The van der Waals surface area contributed by atoms with Gasteiger partial charge in [-0.05, 0) is 54.0 Å². The van der Waals surface area contributed by atoms with E-state index in [0.29, 0.717) is 11.8 Å². The summed E-state index contributed by atoms with van der Waals surface area (Å²) >= 11 is 0. The van der Waals surface area contributed by atoms with Crippen LogP contribution in [0.25, 0.3) is 10.9 Å². The molecule has 1 aromatic heterocycles. The lowest BCUT2D eigenvalue weighted by molar-refractivity contribution is -0.134. The van der Waals surface area contributed by atoms with E-state index in [1.807, 2.05) is 17.0 Å². The lowest BCUT2D eigenvalue weighted by atomic mass is 9.89. The number of nitrogens with zero attached hydrogens (tertiary/aromatic N) is 1. The predicted molar refractivity (Wildman–Crippen MR) is 113 cm³/mol. The number of benzene rings is 2. The first-order valence-corrected chi connectivity index (χ1v) is 10.2. The van der Waals surface area contributed by atoms with E-state index in [-0.39, 0.29) is 12.5 Å². The van der Waals surface area contributed by atoms with Crippen LogP contribution >= 0.6 is 0 Å². The molecule has 28 heavy (non-hydrogen) atoms. The minimum Gasteiger partial charge on any atom is -0.484 e. The van der Waals surface area contributed by atoms with Crippen molar-refractivity contribution in [2.75, 3.05) is 19.7 Å². The van der Waals surface area contributed by atoms with E-state index >= 15 is 0 Å². The SMILES string of the molecule is CC(C)c1ccc(OCC(=O)N2CCC(c3c[nH]c4ccccc34)CC2)cc1. The molecule has 0 unspecified atom stereocenters. The Morgan fingerprint density at radius 3 is 2.54 bits per heavy atom. The molecule has 4 heteroatoms. The number of carbonyl (C=O) groups is 1. The molecule has 4 nitrogen and oxygen atoms in total. The van der Waals surface area contributed by atoms with Crippen LogP contribution in [0.15, 0.2) is 54.7 Å². The van der Waals surface area contributed by atoms with Crippen molar-refractivity contribution in [1.82, 2.24) is 9.88 Å². The largest absolute Gasteiger partial charge is 0.484 e. The zero-order valence-corrected chi connectivity index (χ0v) is 16.7. The monoisotopic (exact) mass is 376 g/mol. The molecule has 2 aromatic carbocycles. The Hall–Kier alpha value is -2.75. The molecule has 1 saturated heterocycles. The number of aromatic nitrogens is 1. The molecule has 2 heterocycles. The highest BCUT2D eigenvalue weighted by Gasteiger charge is 2.25. The van der Waals surface area contributed by atoms with Crippen molar-refractivity contribution >= 4 is 16.8 Å². The summed E-state index contributed by atoms with van der Waals surface area (Å²) in [5.74, 6) is 1.83. The van der Waals surface area contributed by atoms with Gasteiger partial charge in [0.05, 0.1) is 0 Å². The van der Waals surface area contributed by atoms with Gasteiger partial charge in [0.25, 0.3) is 5.91 Å². The number of amides is 1. The molecule has 146 valence electrons. The second-order valence-corrected chi connectivity index (χ2v) is 7.96. The topological polar surface area (TPSA) is 45.3 Å². The fourth-order valence-electron chi connectivity index (χ4n) is 4.06. The predicted octanol–water partition coefficient (Wildman–Crippen LogP) is 5.08. The van der Waals surface area contributed by atoms with Gasteiger partial charge in [-0.1, -0.05) is 44.2 Å². The second-order valence-electron chi connectivity index (χ2n) is 7.96. The fourth-order valence-corrected chi connectivity index (χ4v) is 4.06. The van der Waals surface area contributed by atoms with Crippen molar-refractivity contribution < 1.29 is 9.53 Å². The number of fused-ring (bicyclic) bond motifs is 1. The van der Waals surface area contributed by atoms with Gasteiger partial charge in [-0.25, -0.2) is 0 Å². The smallest absolute Gasteiger partial charge is 0.260 e. The summed E-state index contributed by atoms with van der Waals surface area (Å²) in [6.45, 7) is 6.02. The highest BCUT2D eigenvalue weighted by Crippen LogP contribution is 2.33. The summed E-state index contributed by atoms with van der Waals surface area (Å²) in [6, 6.07) is 16.5. The van der Waals surface area contributed by atoms with Crippen LogP contribution in [0, 0.1) is 0 Å². The molecular weight excluding hydrogens is 348 g/mol. The maximum Gasteiger partial charge on any atom is 0.260 e. The Balaban J connectivity index is 1.30. The molecule has 0 saturated carbocycles. The highest BCUT2D eigenvalue weighted by molar-refractivity contribution is 5.83. The van der Waals surface area contributed by atoms with Gasteiger partial charge in [0.15, 0.2) is 6.61 Å². The number of piperidine rings is 1. The summed E-state index contributed by atoms with van der Waals surface area (Å²) in [7, 11) is 0. The lowest BCUT2D eigenvalue weighted by Gasteiger charge is -2.32. The van der Waals surface area contributed by atoms with Gasteiger partial charge >= 0.3 is 0 Å². The Morgan fingerprint density at radius 1 is 1.11 bits per heavy atom. The minimum atomic E-state index is 0.0744. The molecule has 1 aliphatic rings. The number of para-hydroxylation sites is 1. The van der Waals surface area contributed by atoms with Crippen LogP contribution in [0.1, 0.15) is 49.7 Å². The summed E-state index contributed by atoms with van der Waals surface area (Å²) in [5.41, 5.74) is 3.84. The molecule has 0 atom stereocenters. The molecule has 0 aliphatic carbocycles. The quantitative estimate of drug-likeness (QED) is 0.675. The molecular formula is C24H28N2O2. The molecule has 1 fully saturated rings. The maximum atomic E-state index is 12.5. The molecule has 0 spiro atoms. The average molecular weight is 377 g/mol. The van der Waals surface area contributed by atoms with Gasteiger partial charge in [-0.15, -0.1) is 0 Å². The average Bonchev–Trinajstić information content (AvgIpc) is 3.16. The van der Waals surface area contributed by atoms with Crippen LogP contribution in [0.2, 0.25) is 0 Å². The van der Waals surface area contributed by atoms with E-state index in [1.165, 1.54) is 22.0 Å². The molecule has 0 radical (unpaired) electrons. The van der Waals surface area contributed by atoms with Crippen LogP contribution in [0.4, 0.5) is 0 Å². The zero-order chi connectivity index (χ0) is 19.5. The minimum absolute atomic E-state index is 0.0744. The van der Waals surface area contributed by atoms with E-state index in [1.54, 1.807) is 0 Å².